The smallest absolute Gasteiger partial charge is 0.335 e. The van der Waals surface area contributed by atoms with Crippen molar-refractivity contribution in [3.05, 3.63) is 86.4 Å². The summed E-state index contributed by atoms with van der Waals surface area (Å²) in [4.78, 5) is 50.1. The second kappa shape index (κ2) is 10.7. The summed E-state index contributed by atoms with van der Waals surface area (Å²) in [6.07, 6.45) is 0.435. The Kier molecular flexibility index (Phi) is 7.41. The number of fused-ring (bicyclic) bond motifs is 1. The molecule has 1 atom stereocenters. The van der Waals surface area contributed by atoms with Gasteiger partial charge in [0.1, 0.15) is 0 Å². The number of allylic oxidation sites excluding steroid dienone is 1. The van der Waals surface area contributed by atoms with Gasteiger partial charge in [-0.05, 0) is 43.0 Å². The van der Waals surface area contributed by atoms with E-state index < -0.39 is 23.0 Å². The molecule has 0 fully saturated rings. The molecule has 186 valence electrons. The van der Waals surface area contributed by atoms with Crippen molar-refractivity contribution in [2.24, 2.45) is 0 Å². The number of rotatable bonds is 10. The Balaban J connectivity index is 1.43. The van der Waals surface area contributed by atoms with Crippen LogP contribution in [0.1, 0.15) is 34.6 Å². The summed E-state index contributed by atoms with van der Waals surface area (Å²) in [5.74, 6) is -1.26. The minimum Gasteiger partial charge on any atom is -0.478 e. The zero-order valence-electron chi connectivity index (χ0n) is 19.4. The van der Waals surface area contributed by atoms with Crippen LogP contribution in [-0.4, -0.2) is 52.3 Å². The second-order valence-electron chi connectivity index (χ2n) is 8.32. The molecule has 0 radical (unpaired) electrons. The summed E-state index contributed by atoms with van der Waals surface area (Å²) in [6.45, 7) is 2.21. The van der Waals surface area contributed by atoms with E-state index in [0.29, 0.717) is 23.4 Å². The minimum absolute atomic E-state index is 0.0342. The Morgan fingerprint density at radius 2 is 1.97 bits per heavy atom. The van der Waals surface area contributed by atoms with Crippen LogP contribution in [0.4, 0.5) is 10.5 Å². The maximum absolute atomic E-state index is 12.8. The number of non-ortho nitro benzene ring substituents is 1. The van der Waals surface area contributed by atoms with E-state index in [2.05, 4.69) is 10.6 Å². The van der Waals surface area contributed by atoms with Gasteiger partial charge in [0.25, 0.3) is 5.69 Å². The van der Waals surface area contributed by atoms with E-state index in [4.69, 9.17) is 0 Å². The third-order valence-corrected chi connectivity index (χ3v) is 7.07. The maximum Gasteiger partial charge on any atom is 0.335 e. The van der Waals surface area contributed by atoms with E-state index in [1.54, 1.807) is 6.07 Å². The molecular weight excluding hydrogens is 484 g/mol. The number of nitro groups is 1. The lowest BCUT2D eigenvalue weighted by atomic mass is 9.93. The number of aliphatic carboxylic acids is 1. The fourth-order valence-corrected chi connectivity index (χ4v) is 5.22. The van der Waals surface area contributed by atoms with Crippen molar-refractivity contribution < 1.29 is 24.4 Å². The largest absolute Gasteiger partial charge is 0.478 e. The van der Waals surface area contributed by atoms with Gasteiger partial charge in [-0.1, -0.05) is 30.3 Å². The fraction of sp³-hybridized carbons (Fsp3) is 0.240. The molecule has 10 nitrogen and oxygen atoms in total. The minimum atomic E-state index is -1.22. The van der Waals surface area contributed by atoms with Gasteiger partial charge in [-0.3, -0.25) is 14.9 Å². The molecule has 3 N–H and O–H groups in total. The highest BCUT2D eigenvalue weighted by Gasteiger charge is 2.38. The molecule has 0 spiro atoms. The van der Waals surface area contributed by atoms with Crippen molar-refractivity contribution in [1.82, 2.24) is 15.5 Å². The van der Waals surface area contributed by atoms with Gasteiger partial charge in [-0.15, -0.1) is 11.3 Å². The molecule has 0 saturated heterocycles. The van der Waals surface area contributed by atoms with Gasteiger partial charge in [-0.25, -0.2) is 9.59 Å². The molecule has 0 aliphatic carbocycles. The molecule has 2 heterocycles. The first-order chi connectivity index (χ1) is 17.3. The molecule has 36 heavy (non-hydrogen) atoms. The van der Waals surface area contributed by atoms with Gasteiger partial charge in [0, 0.05) is 29.1 Å². The first-order valence-corrected chi connectivity index (χ1v) is 12.1. The van der Waals surface area contributed by atoms with E-state index in [9.17, 15) is 29.6 Å². The van der Waals surface area contributed by atoms with E-state index >= 15 is 0 Å². The number of carboxylic acid groups (broad SMARTS) is 1. The summed E-state index contributed by atoms with van der Waals surface area (Å²) >= 11 is 1.44. The number of benzene rings is 2. The highest BCUT2D eigenvalue weighted by atomic mass is 32.1. The number of carboxylic acids is 1. The third-order valence-electron chi connectivity index (χ3n) is 5.91. The molecule has 4 rings (SSSR count). The van der Waals surface area contributed by atoms with Crippen LogP contribution in [0.2, 0.25) is 0 Å². The molecule has 2 aromatic carbocycles. The number of nitrogens with one attached hydrogen (secondary N) is 2. The molecule has 11 heteroatoms. The lowest BCUT2D eigenvalue weighted by molar-refractivity contribution is -0.384. The number of thiophene rings is 1. The summed E-state index contributed by atoms with van der Waals surface area (Å²) < 4.78 is 1.04. The highest BCUT2D eigenvalue weighted by Crippen LogP contribution is 2.35. The normalized spacial score (nSPS) is 15.8. The quantitative estimate of drug-likeness (QED) is 0.162. The Morgan fingerprint density at radius 1 is 1.19 bits per heavy atom. The van der Waals surface area contributed by atoms with Crippen LogP contribution in [-0.2, 0) is 4.79 Å². The number of hydrogen-bond acceptors (Lipinski definition) is 7. The van der Waals surface area contributed by atoms with Crippen LogP contribution < -0.4 is 10.6 Å². The van der Waals surface area contributed by atoms with E-state index in [-0.39, 0.29) is 35.8 Å². The van der Waals surface area contributed by atoms with Crippen LogP contribution in [0, 0.1) is 10.1 Å². The van der Waals surface area contributed by atoms with Gasteiger partial charge in [0.2, 0.25) is 0 Å². The average Bonchev–Trinajstić information content (AvgIpc) is 3.29. The average molecular weight is 509 g/mol. The Bertz CT molecular complexity index is 1350. The third kappa shape index (κ3) is 5.26. The van der Waals surface area contributed by atoms with E-state index in [1.807, 2.05) is 30.3 Å². The van der Waals surface area contributed by atoms with Crippen molar-refractivity contribution in [3.63, 3.8) is 0 Å². The van der Waals surface area contributed by atoms with Crippen molar-refractivity contribution in [2.45, 2.75) is 19.4 Å². The molecule has 0 bridgehead atoms. The van der Waals surface area contributed by atoms with Gasteiger partial charge in [-0.2, -0.15) is 0 Å². The number of carbonyl (C=O) groups is 3. The second-order valence-corrected chi connectivity index (χ2v) is 9.41. The first-order valence-electron chi connectivity index (χ1n) is 11.2. The summed E-state index contributed by atoms with van der Waals surface area (Å²) in [5.41, 5.74) is 0.279. The van der Waals surface area contributed by atoms with Gasteiger partial charge in [0.15, 0.2) is 5.78 Å². The first kappa shape index (κ1) is 25.0. The fourth-order valence-electron chi connectivity index (χ4n) is 4.22. The van der Waals surface area contributed by atoms with E-state index in [1.165, 1.54) is 41.4 Å². The summed E-state index contributed by atoms with van der Waals surface area (Å²) in [5, 5.41) is 27.8. The highest BCUT2D eigenvalue weighted by molar-refractivity contribution is 7.20. The molecular formula is C25H24N4O6S. The zero-order chi connectivity index (χ0) is 25.8. The Hall–Kier alpha value is -4.09. The molecule has 0 saturated carbocycles. The number of urea groups is 1. The topological polar surface area (TPSA) is 142 Å². The molecule has 1 aromatic heterocycles. The molecule has 2 amide bonds. The molecule has 3 aromatic rings. The van der Waals surface area contributed by atoms with E-state index in [0.717, 1.165) is 10.1 Å². The predicted octanol–water partition coefficient (Wildman–Crippen LogP) is 4.10. The number of Topliss-reactive ketones (excluding diaryl/α,β-unsaturated/α-hetero) is 1. The Labute approximate surface area is 210 Å². The van der Waals surface area contributed by atoms with Crippen molar-refractivity contribution in [1.29, 1.82) is 0 Å². The number of nitro benzene ring substituents is 1. The van der Waals surface area contributed by atoms with Crippen LogP contribution in [0.15, 0.2) is 65.9 Å². The monoisotopic (exact) mass is 508 g/mol. The van der Waals surface area contributed by atoms with Gasteiger partial charge in [0.05, 0.1) is 28.0 Å². The van der Waals surface area contributed by atoms with Crippen LogP contribution >= 0.6 is 11.3 Å². The summed E-state index contributed by atoms with van der Waals surface area (Å²) in [6, 6.07) is 13.8. The van der Waals surface area contributed by atoms with Crippen molar-refractivity contribution in [3.8, 4) is 0 Å². The van der Waals surface area contributed by atoms with Crippen LogP contribution in [0.25, 0.3) is 10.1 Å². The molecule has 1 unspecified atom stereocenters. The standard InChI is InChI=1S/C25H24N4O6S/c1-15-22(24(31)32)23(17-7-4-8-18(12-17)29(34)35)28(25(33)27-15)11-5-10-26-14-19(30)21-13-16-6-2-3-9-20(16)36-21/h2-4,6-9,12-13,23,26H,5,10-11,14H2,1H3,(H,27,33)(H,31,32). The van der Waals surface area contributed by atoms with Crippen LogP contribution in [0.3, 0.4) is 0 Å². The molecule has 1 aliphatic heterocycles. The summed E-state index contributed by atoms with van der Waals surface area (Å²) in [7, 11) is 0. The van der Waals surface area contributed by atoms with Gasteiger partial charge >= 0.3 is 12.0 Å². The van der Waals surface area contributed by atoms with Gasteiger partial charge < -0.3 is 20.6 Å². The zero-order valence-corrected chi connectivity index (χ0v) is 20.2. The van der Waals surface area contributed by atoms with Crippen molar-refractivity contribution >= 4 is 44.9 Å². The Morgan fingerprint density at radius 3 is 2.69 bits per heavy atom. The van der Waals surface area contributed by atoms with Crippen molar-refractivity contribution in [2.75, 3.05) is 19.6 Å². The predicted molar refractivity (Wildman–Crippen MR) is 135 cm³/mol. The number of hydrogen-bond donors (Lipinski definition) is 3. The number of amides is 2. The SMILES string of the molecule is CC1=C(C(=O)O)C(c2cccc([N+](=O)[O-])c2)N(CCCNCC(=O)c2cc3ccccc3s2)C(=O)N1. The lowest BCUT2D eigenvalue weighted by Crippen LogP contribution is -2.49. The number of nitrogens with zero attached hydrogens (tertiary/aromatic N) is 2. The maximum atomic E-state index is 12.8. The number of carbonyl (C=O) groups excluding carboxylic acids is 2. The van der Waals surface area contributed by atoms with Crippen LogP contribution in [0.5, 0.6) is 0 Å². The molecule has 1 aliphatic rings. The number of ketones is 1. The lowest BCUT2D eigenvalue weighted by Gasteiger charge is -2.37.